The van der Waals surface area contributed by atoms with Crippen molar-refractivity contribution >= 4 is 22.8 Å². The van der Waals surface area contributed by atoms with Crippen molar-refractivity contribution in [1.29, 1.82) is 0 Å². The summed E-state index contributed by atoms with van der Waals surface area (Å²) in [4.78, 5) is 25.1. The van der Waals surface area contributed by atoms with Gasteiger partial charge in [0.25, 0.3) is 5.91 Å². The quantitative estimate of drug-likeness (QED) is 0.184. The monoisotopic (exact) mass is 630 g/mol. The third-order valence-electron chi connectivity index (χ3n) is 9.22. The molecule has 6 nitrogen and oxygen atoms in total. The molecule has 4 aromatic rings. The average molecular weight is 631 g/mol. The van der Waals surface area contributed by atoms with Crippen LogP contribution in [0.25, 0.3) is 10.9 Å². The molecule has 0 spiro atoms. The van der Waals surface area contributed by atoms with Crippen LogP contribution in [0.3, 0.4) is 0 Å². The minimum absolute atomic E-state index is 0.152. The maximum absolute atomic E-state index is 14.7. The van der Waals surface area contributed by atoms with Crippen molar-refractivity contribution in [2.45, 2.75) is 97.8 Å². The molecule has 1 aliphatic rings. The number of carboxylic acid groups (broad SMARTS) is 1. The molecule has 1 atom stereocenters. The molecule has 1 aromatic heterocycles. The Labute approximate surface area is 269 Å². The molecule has 1 amide bonds. The zero-order chi connectivity index (χ0) is 33.6. The van der Waals surface area contributed by atoms with Gasteiger partial charge in [0, 0.05) is 41.2 Å². The van der Waals surface area contributed by atoms with Gasteiger partial charge in [0.15, 0.2) is 5.60 Å². The maximum atomic E-state index is 14.7. The van der Waals surface area contributed by atoms with Crippen molar-refractivity contribution in [3.05, 3.63) is 99.7 Å². The number of hydrogen-bond donors (Lipinski definition) is 2. The van der Waals surface area contributed by atoms with Gasteiger partial charge in [-0.25, -0.2) is 13.6 Å². The zero-order valence-corrected chi connectivity index (χ0v) is 27.8. The van der Waals surface area contributed by atoms with E-state index in [0.717, 1.165) is 47.1 Å². The van der Waals surface area contributed by atoms with Gasteiger partial charge in [-0.05, 0) is 111 Å². The van der Waals surface area contributed by atoms with E-state index in [2.05, 4.69) is 16.8 Å². The van der Waals surface area contributed by atoms with E-state index in [1.165, 1.54) is 44.5 Å². The van der Waals surface area contributed by atoms with Gasteiger partial charge in [0.05, 0.1) is 6.04 Å². The number of aliphatic carboxylic acids is 1. The summed E-state index contributed by atoms with van der Waals surface area (Å²) in [6.45, 7) is 13.7. The molecule has 0 radical (unpaired) electrons. The second kappa shape index (κ2) is 12.5. The summed E-state index contributed by atoms with van der Waals surface area (Å²) in [6, 6.07) is 14.5. The summed E-state index contributed by atoms with van der Waals surface area (Å²) in [7, 11) is 0. The molecule has 8 heteroatoms. The van der Waals surface area contributed by atoms with Crippen molar-refractivity contribution in [2.75, 3.05) is 0 Å². The fraction of sp³-hybridized carbons (Fsp3) is 0.421. The van der Waals surface area contributed by atoms with Crippen molar-refractivity contribution < 1.29 is 28.2 Å². The summed E-state index contributed by atoms with van der Waals surface area (Å²) in [6.07, 6.45) is 3.91. The highest BCUT2D eigenvalue weighted by Gasteiger charge is 2.30. The van der Waals surface area contributed by atoms with Gasteiger partial charge in [0.2, 0.25) is 0 Å². The first-order valence-corrected chi connectivity index (χ1v) is 16.0. The Morgan fingerprint density at radius 2 is 1.70 bits per heavy atom. The van der Waals surface area contributed by atoms with Gasteiger partial charge in [-0.2, -0.15) is 0 Å². The normalized spacial score (nSPS) is 14.6. The molecule has 1 aliphatic carbocycles. The molecule has 0 unspecified atom stereocenters. The number of fused-ring (bicyclic) bond motifs is 1. The van der Waals surface area contributed by atoms with E-state index in [9.17, 15) is 23.5 Å². The summed E-state index contributed by atoms with van der Waals surface area (Å²) in [5.74, 6) is -1.53. The third kappa shape index (κ3) is 7.11. The number of rotatable bonds is 10. The minimum atomic E-state index is -1.52. The molecule has 3 aromatic carbocycles. The SMILES string of the molecule is Cc1c(Cc2cc(F)cc(OC(C)(C)C(=O)O)c2)c2ccc(C(=O)N[C@@H](C)c3cc(F)cc(C(C)(C)C)c3)cc2n1CC1CCC1. The molecular formula is C38H44F2N2O4. The second-order valence-corrected chi connectivity index (χ2v) is 14.3. The van der Waals surface area contributed by atoms with Crippen molar-refractivity contribution in [1.82, 2.24) is 9.88 Å². The van der Waals surface area contributed by atoms with E-state index >= 15 is 0 Å². The van der Waals surface area contributed by atoms with Crippen LogP contribution < -0.4 is 10.1 Å². The number of nitrogens with one attached hydrogen (secondary N) is 1. The molecule has 46 heavy (non-hydrogen) atoms. The number of hydrogen-bond acceptors (Lipinski definition) is 3. The largest absolute Gasteiger partial charge is 0.478 e. The lowest BCUT2D eigenvalue weighted by atomic mass is 9.85. The first-order valence-electron chi connectivity index (χ1n) is 16.0. The topological polar surface area (TPSA) is 80.6 Å². The highest BCUT2D eigenvalue weighted by molar-refractivity contribution is 5.99. The Bertz CT molecular complexity index is 1800. The summed E-state index contributed by atoms with van der Waals surface area (Å²) in [5.41, 5.74) is 3.96. The van der Waals surface area contributed by atoms with E-state index < -0.39 is 23.4 Å². The number of carbonyl (C=O) groups excluding carboxylic acids is 1. The molecule has 0 bridgehead atoms. The summed E-state index contributed by atoms with van der Waals surface area (Å²) >= 11 is 0. The zero-order valence-electron chi connectivity index (χ0n) is 27.8. The highest BCUT2D eigenvalue weighted by atomic mass is 19.1. The molecule has 0 saturated heterocycles. The first kappa shape index (κ1) is 33.2. The molecule has 1 saturated carbocycles. The second-order valence-electron chi connectivity index (χ2n) is 14.3. The Balaban J connectivity index is 1.47. The number of ether oxygens (including phenoxy) is 1. The maximum Gasteiger partial charge on any atom is 0.347 e. The van der Waals surface area contributed by atoms with Crippen molar-refractivity contribution in [3.63, 3.8) is 0 Å². The van der Waals surface area contributed by atoms with E-state index in [1.807, 2.05) is 45.9 Å². The van der Waals surface area contributed by atoms with Crippen LogP contribution in [0.4, 0.5) is 8.78 Å². The number of amides is 1. The smallest absolute Gasteiger partial charge is 0.347 e. The standard InChI is InChI=1S/C38H44F2N2O4/c1-22(27-16-28(37(3,4)5)19-30(40)17-27)41-35(43)26-11-12-32-33(23(2)42(34(32)18-26)21-24-9-8-10-24)15-25-13-29(39)20-31(14-25)46-38(6,7)36(44)45/h11-14,16-20,22,24H,8-10,15,21H2,1-7H3,(H,41,43)(H,44,45)/t22-/m0/s1. The van der Waals surface area contributed by atoms with Crippen molar-refractivity contribution in [2.24, 2.45) is 5.92 Å². The molecule has 2 N–H and O–H groups in total. The molecule has 1 heterocycles. The van der Waals surface area contributed by atoms with E-state index in [-0.39, 0.29) is 22.9 Å². The van der Waals surface area contributed by atoms with E-state index in [1.54, 1.807) is 12.1 Å². The Hall–Kier alpha value is -4.20. The van der Waals surface area contributed by atoms with Gasteiger partial charge in [0.1, 0.15) is 17.4 Å². The fourth-order valence-electron chi connectivity index (χ4n) is 6.06. The van der Waals surface area contributed by atoms with Crippen LogP contribution in [0, 0.1) is 24.5 Å². The van der Waals surface area contributed by atoms with Gasteiger partial charge in [-0.3, -0.25) is 4.79 Å². The van der Waals surface area contributed by atoms with Gasteiger partial charge >= 0.3 is 5.97 Å². The number of nitrogens with zero attached hydrogens (tertiary/aromatic N) is 1. The van der Waals surface area contributed by atoms with Crippen LogP contribution in [0.1, 0.15) is 105 Å². The molecule has 244 valence electrons. The predicted octanol–water partition coefficient (Wildman–Crippen LogP) is 8.65. The third-order valence-corrected chi connectivity index (χ3v) is 9.22. The van der Waals surface area contributed by atoms with Crippen LogP contribution in [-0.4, -0.2) is 27.2 Å². The molecule has 0 aliphatic heterocycles. The number of carboxylic acids is 1. The average Bonchev–Trinajstić information content (AvgIpc) is 3.18. The summed E-state index contributed by atoms with van der Waals surface area (Å²) in [5, 5.41) is 13.5. The highest BCUT2D eigenvalue weighted by Crippen LogP contribution is 2.35. The number of aromatic nitrogens is 1. The lowest BCUT2D eigenvalue weighted by molar-refractivity contribution is -0.152. The molecular weight excluding hydrogens is 586 g/mol. The minimum Gasteiger partial charge on any atom is -0.478 e. The lowest BCUT2D eigenvalue weighted by Crippen LogP contribution is -2.37. The van der Waals surface area contributed by atoms with E-state index in [0.29, 0.717) is 29.0 Å². The first-order chi connectivity index (χ1) is 21.5. The van der Waals surface area contributed by atoms with Gasteiger partial charge < -0.3 is 19.7 Å². The van der Waals surface area contributed by atoms with Crippen LogP contribution in [0.15, 0.2) is 54.6 Å². The van der Waals surface area contributed by atoms with Gasteiger partial charge in [-0.15, -0.1) is 0 Å². The predicted molar refractivity (Wildman–Crippen MR) is 177 cm³/mol. The number of benzene rings is 3. The fourth-order valence-corrected chi connectivity index (χ4v) is 6.06. The Morgan fingerprint density at radius 1 is 1.00 bits per heavy atom. The van der Waals surface area contributed by atoms with Crippen LogP contribution in [0.5, 0.6) is 5.75 Å². The number of halogens is 2. The molecule has 5 rings (SSSR count). The Morgan fingerprint density at radius 3 is 2.33 bits per heavy atom. The van der Waals surface area contributed by atoms with Crippen LogP contribution in [0.2, 0.25) is 0 Å². The van der Waals surface area contributed by atoms with Gasteiger partial charge in [-0.1, -0.05) is 39.3 Å². The van der Waals surface area contributed by atoms with Crippen molar-refractivity contribution in [3.8, 4) is 5.75 Å². The van der Waals surface area contributed by atoms with E-state index in [4.69, 9.17) is 4.74 Å². The Kier molecular flexibility index (Phi) is 9.04. The van der Waals surface area contributed by atoms with Crippen LogP contribution in [-0.2, 0) is 23.2 Å². The summed E-state index contributed by atoms with van der Waals surface area (Å²) < 4.78 is 37.1. The lowest BCUT2D eigenvalue weighted by Gasteiger charge is -2.27. The molecule has 1 fully saturated rings. The van der Waals surface area contributed by atoms with Crippen LogP contribution >= 0.6 is 0 Å². The number of carbonyl (C=O) groups is 2.